The summed E-state index contributed by atoms with van der Waals surface area (Å²) >= 11 is 0. The number of hydrogen-bond acceptors (Lipinski definition) is 4. The molecule has 0 bridgehead atoms. The summed E-state index contributed by atoms with van der Waals surface area (Å²) in [6.45, 7) is 8.93. The van der Waals surface area contributed by atoms with Gasteiger partial charge in [0.05, 0.1) is 4.92 Å². The van der Waals surface area contributed by atoms with Crippen LogP contribution in [0.15, 0.2) is 18.2 Å². The van der Waals surface area contributed by atoms with E-state index in [1.165, 1.54) is 6.07 Å². The van der Waals surface area contributed by atoms with E-state index in [1.807, 2.05) is 6.92 Å². The lowest BCUT2D eigenvalue weighted by Crippen LogP contribution is -2.25. The van der Waals surface area contributed by atoms with Crippen LogP contribution in [-0.4, -0.2) is 35.5 Å². The lowest BCUT2D eigenvalue weighted by molar-refractivity contribution is -0.388. The van der Waals surface area contributed by atoms with Crippen LogP contribution in [0.3, 0.4) is 0 Å². The molecule has 0 amide bonds. The molecule has 0 saturated heterocycles. The summed E-state index contributed by atoms with van der Waals surface area (Å²) in [6.07, 6.45) is -3.03. The van der Waals surface area contributed by atoms with Crippen molar-refractivity contribution in [2.75, 3.05) is 25.0 Å². The summed E-state index contributed by atoms with van der Waals surface area (Å²) in [5.41, 5.74) is -1.92. The number of hydrogen-bond donors (Lipinski definition) is 1. The summed E-state index contributed by atoms with van der Waals surface area (Å²) in [5, 5.41) is 13.7. The Balaban J connectivity index is 2.72. The second-order valence-corrected chi connectivity index (χ2v) is 5.70. The third-order valence-corrected chi connectivity index (χ3v) is 3.92. The fraction of sp³-hybridized carbons (Fsp3) is 0.625. The van der Waals surface area contributed by atoms with Gasteiger partial charge >= 0.3 is 6.18 Å². The van der Waals surface area contributed by atoms with Crippen molar-refractivity contribution in [1.29, 1.82) is 0 Å². The van der Waals surface area contributed by atoms with Crippen molar-refractivity contribution in [1.82, 2.24) is 4.90 Å². The first-order chi connectivity index (χ1) is 11.2. The Kier molecular flexibility index (Phi) is 7.47. The average Bonchev–Trinajstić information content (AvgIpc) is 2.50. The van der Waals surface area contributed by atoms with Gasteiger partial charge in [0, 0.05) is 17.8 Å². The van der Waals surface area contributed by atoms with Gasteiger partial charge in [-0.2, -0.15) is 13.2 Å². The molecule has 1 N–H and O–H groups in total. The molecule has 1 unspecified atom stereocenters. The number of anilines is 1. The van der Waals surface area contributed by atoms with E-state index in [9.17, 15) is 23.3 Å². The zero-order chi connectivity index (χ0) is 18.3. The number of nitro benzene ring substituents is 1. The predicted molar refractivity (Wildman–Crippen MR) is 88.2 cm³/mol. The zero-order valence-electron chi connectivity index (χ0n) is 14.2. The van der Waals surface area contributed by atoms with Gasteiger partial charge in [-0.3, -0.25) is 10.1 Å². The molecular formula is C16H24F3N3O2. The molecule has 0 aliphatic heterocycles. The van der Waals surface area contributed by atoms with Crippen molar-refractivity contribution in [3.8, 4) is 0 Å². The molecule has 0 radical (unpaired) electrons. The third kappa shape index (κ3) is 5.99. The van der Waals surface area contributed by atoms with E-state index in [4.69, 9.17) is 0 Å². The maximum absolute atomic E-state index is 13.0. The van der Waals surface area contributed by atoms with Crippen LogP contribution in [0.4, 0.5) is 24.5 Å². The van der Waals surface area contributed by atoms with E-state index in [-0.39, 0.29) is 11.7 Å². The summed E-state index contributed by atoms with van der Waals surface area (Å²) in [5.74, 6) is 0. The van der Waals surface area contributed by atoms with Gasteiger partial charge in [-0.25, -0.2) is 0 Å². The second-order valence-electron chi connectivity index (χ2n) is 5.70. The molecule has 0 saturated carbocycles. The molecule has 0 spiro atoms. The largest absolute Gasteiger partial charge is 0.423 e. The maximum Gasteiger partial charge on any atom is 0.423 e. The van der Waals surface area contributed by atoms with E-state index in [1.54, 1.807) is 0 Å². The molecule has 0 aromatic heterocycles. The lowest BCUT2D eigenvalue weighted by Gasteiger charge is -2.20. The Labute approximate surface area is 140 Å². The van der Waals surface area contributed by atoms with Gasteiger partial charge in [-0.05, 0) is 51.5 Å². The minimum Gasteiger partial charge on any atom is -0.383 e. The Morgan fingerprint density at radius 3 is 2.42 bits per heavy atom. The van der Waals surface area contributed by atoms with Crippen molar-refractivity contribution in [2.24, 2.45) is 0 Å². The number of nitro groups is 1. The molecular weight excluding hydrogens is 323 g/mol. The summed E-state index contributed by atoms with van der Waals surface area (Å²) in [6, 6.07) is 2.99. The molecule has 8 heteroatoms. The van der Waals surface area contributed by atoms with Gasteiger partial charge in [0.15, 0.2) is 0 Å². The van der Waals surface area contributed by atoms with Crippen LogP contribution in [0.25, 0.3) is 0 Å². The molecule has 5 nitrogen and oxygen atoms in total. The van der Waals surface area contributed by atoms with Crippen LogP contribution in [0, 0.1) is 10.1 Å². The lowest BCUT2D eigenvalue weighted by atomic mass is 10.1. The first-order valence-corrected chi connectivity index (χ1v) is 8.03. The Bertz CT molecular complexity index is 546. The molecule has 0 aliphatic carbocycles. The highest BCUT2D eigenvalue weighted by Crippen LogP contribution is 2.37. The molecule has 1 atom stereocenters. The molecule has 0 aliphatic rings. The van der Waals surface area contributed by atoms with E-state index in [0.717, 1.165) is 44.6 Å². The van der Waals surface area contributed by atoms with Crippen molar-refractivity contribution in [3.63, 3.8) is 0 Å². The summed E-state index contributed by atoms with van der Waals surface area (Å²) in [7, 11) is 0. The Morgan fingerprint density at radius 1 is 1.29 bits per heavy atom. The van der Waals surface area contributed by atoms with Crippen LogP contribution in [0.5, 0.6) is 0 Å². The molecule has 1 rings (SSSR count). The molecule has 1 aromatic rings. The summed E-state index contributed by atoms with van der Waals surface area (Å²) in [4.78, 5) is 12.0. The van der Waals surface area contributed by atoms with Crippen LogP contribution in [0.2, 0.25) is 0 Å². The van der Waals surface area contributed by atoms with Gasteiger partial charge in [0.2, 0.25) is 0 Å². The SMILES string of the molecule is CCN(CC)CCCC(C)Nc1ccc([N+](=O)[O-])c(C(F)(F)F)c1. The molecule has 136 valence electrons. The number of benzene rings is 1. The number of alkyl halides is 3. The molecule has 0 heterocycles. The van der Waals surface area contributed by atoms with Gasteiger partial charge < -0.3 is 10.2 Å². The maximum atomic E-state index is 13.0. The van der Waals surface area contributed by atoms with Crippen molar-refractivity contribution in [3.05, 3.63) is 33.9 Å². The van der Waals surface area contributed by atoms with Crippen LogP contribution < -0.4 is 5.32 Å². The van der Waals surface area contributed by atoms with E-state index in [2.05, 4.69) is 24.1 Å². The highest BCUT2D eigenvalue weighted by Gasteiger charge is 2.38. The third-order valence-electron chi connectivity index (χ3n) is 3.92. The minimum atomic E-state index is -4.76. The minimum absolute atomic E-state index is 0.0249. The topological polar surface area (TPSA) is 58.4 Å². The van der Waals surface area contributed by atoms with Gasteiger partial charge in [-0.1, -0.05) is 13.8 Å². The van der Waals surface area contributed by atoms with E-state index >= 15 is 0 Å². The second kappa shape index (κ2) is 8.86. The fourth-order valence-corrected chi connectivity index (χ4v) is 2.53. The first kappa shape index (κ1) is 20.2. The van der Waals surface area contributed by atoms with Crippen LogP contribution in [0.1, 0.15) is 39.2 Å². The average molecular weight is 347 g/mol. The first-order valence-electron chi connectivity index (χ1n) is 8.03. The molecule has 0 fully saturated rings. The summed E-state index contributed by atoms with van der Waals surface area (Å²) < 4.78 is 38.9. The smallest absolute Gasteiger partial charge is 0.383 e. The van der Waals surface area contributed by atoms with Gasteiger partial charge in [0.1, 0.15) is 5.56 Å². The molecule has 1 aromatic carbocycles. The Hall–Kier alpha value is -1.83. The number of nitrogens with zero attached hydrogens (tertiary/aromatic N) is 2. The van der Waals surface area contributed by atoms with Gasteiger partial charge in [-0.15, -0.1) is 0 Å². The van der Waals surface area contributed by atoms with Crippen molar-refractivity contribution < 1.29 is 18.1 Å². The highest BCUT2D eigenvalue weighted by atomic mass is 19.4. The van der Waals surface area contributed by atoms with Gasteiger partial charge in [0.25, 0.3) is 5.69 Å². The molecule has 24 heavy (non-hydrogen) atoms. The number of nitrogens with one attached hydrogen (secondary N) is 1. The Morgan fingerprint density at radius 2 is 1.92 bits per heavy atom. The van der Waals surface area contributed by atoms with E-state index in [0.29, 0.717) is 0 Å². The normalized spacial score (nSPS) is 13.1. The van der Waals surface area contributed by atoms with Crippen LogP contribution >= 0.6 is 0 Å². The number of halogens is 3. The standard InChI is InChI=1S/C16H24F3N3O2/c1-4-21(5-2)10-6-7-12(3)20-13-8-9-15(22(23)24)14(11-13)16(17,18)19/h8-9,11-12,20H,4-7,10H2,1-3H3. The quantitative estimate of drug-likeness (QED) is 0.526. The van der Waals surface area contributed by atoms with E-state index < -0.39 is 22.4 Å². The van der Waals surface area contributed by atoms with Crippen molar-refractivity contribution in [2.45, 2.75) is 45.8 Å². The van der Waals surface area contributed by atoms with Crippen LogP contribution in [-0.2, 0) is 6.18 Å². The zero-order valence-corrected chi connectivity index (χ0v) is 14.2. The van der Waals surface area contributed by atoms with Crippen molar-refractivity contribution >= 4 is 11.4 Å². The highest BCUT2D eigenvalue weighted by molar-refractivity contribution is 5.55. The monoisotopic (exact) mass is 347 g/mol. The predicted octanol–water partition coefficient (Wildman–Crippen LogP) is 4.54. The fourth-order valence-electron chi connectivity index (χ4n) is 2.53. The number of rotatable bonds is 9.